The number of nitrogens with two attached hydrogens (primary N) is 1. The Kier molecular flexibility index (Phi) is 6.27. The summed E-state index contributed by atoms with van der Waals surface area (Å²) in [4.78, 5) is 11.9. The highest BCUT2D eigenvalue weighted by Gasteiger charge is 2.31. The molecule has 1 aliphatic carbocycles. The van der Waals surface area contributed by atoms with E-state index in [9.17, 15) is 4.79 Å². The zero-order chi connectivity index (χ0) is 14.4. The van der Waals surface area contributed by atoms with Crippen LogP contribution in [0.1, 0.15) is 65.7 Å². The highest BCUT2D eigenvalue weighted by molar-refractivity contribution is 5.78. The first-order chi connectivity index (χ1) is 8.93. The van der Waals surface area contributed by atoms with E-state index in [-0.39, 0.29) is 23.7 Å². The lowest BCUT2D eigenvalue weighted by Crippen LogP contribution is -2.47. The fourth-order valence-corrected chi connectivity index (χ4v) is 2.50. The molecule has 112 valence electrons. The number of carbonyl (C=O) groups excluding carboxylic acids is 1. The molecule has 0 aliphatic heterocycles. The molecule has 1 aliphatic rings. The quantitative estimate of drug-likeness (QED) is 0.728. The molecule has 0 atom stereocenters. The summed E-state index contributed by atoms with van der Waals surface area (Å²) < 4.78 is 5.91. The molecule has 1 saturated carbocycles. The third-order valence-electron chi connectivity index (χ3n) is 4.26. The van der Waals surface area contributed by atoms with Gasteiger partial charge in [0.2, 0.25) is 5.91 Å². The number of rotatable bonds is 6. The summed E-state index contributed by atoms with van der Waals surface area (Å²) >= 11 is 0. The van der Waals surface area contributed by atoms with E-state index < -0.39 is 0 Å². The third kappa shape index (κ3) is 5.49. The molecule has 1 amide bonds. The second-order valence-electron chi connectivity index (χ2n) is 6.38. The van der Waals surface area contributed by atoms with Crippen molar-refractivity contribution in [2.45, 2.75) is 76.9 Å². The number of hydrogen-bond donors (Lipinski definition) is 2. The normalized spacial score (nSPS) is 19.8. The molecule has 0 bridgehead atoms. The van der Waals surface area contributed by atoms with Gasteiger partial charge in [0.15, 0.2) is 0 Å². The molecule has 19 heavy (non-hydrogen) atoms. The molecule has 0 aromatic carbocycles. The van der Waals surface area contributed by atoms with Gasteiger partial charge in [-0.1, -0.05) is 32.6 Å². The van der Waals surface area contributed by atoms with Crippen molar-refractivity contribution in [3.8, 4) is 0 Å². The maximum absolute atomic E-state index is 11.9. The molecule has 0 radical (unpaired) electrons. The molecule has 0 aromatic heterocycles. The zero-order valence-corrected chi connectivity index (χ0v) is 12.8. The number of hydrogen-bond acceptors (Lipinski definition) is 3. The Morgan fingerprint density at radius 1 is 1.26 bits per heavy atom. The molecular formula is C15H30N2O2. The standard InChI is InChI=1S/C15H30N2O2/c1-4-14(2,3)17-13(18)11-19-15(12-16)9-7-5-6-8-10-15/h4-12,16H2,1-3H3,(H,17,18). The van der Waals surface area contributed by atoms with Crippen LogP contribution in [-0.2, 0) is 9.53 Å². The van der Waals surface area contributed by atoms with Crippen LogP contribution in [0, 0.1) is 0 Å². The van der Waals surface area contributed by atoms with Crippen LogP contribution < -0.4 is 11.1 Å². The van der Waals surface area contributed by atoms with E-state index in [4.69, 9.17) is 10.5 Å². The van der Waals surface area contributed by atoms with Crippen LogP contribution in [0.15, 0.2) is 0 Å². The summed E-state index contributed by atoms with van der Waals surface area (Å²) in [5, 5.41) is 3.00. The van der Waals surface area contributed by atoms with Crippen LogP contribution in [0.3, 0.4) is 0 Å². The first-order valence-electron chi connectivity index (χ1n) is 7.58. The number of carbonyl (C=O) groups is 1. The van der Waals surface area contributed by atoms with Crippen molar-refractivity contribution >= 4 is 5.91 Å². The van der Waals surface area contributed by atoms with Crippen LogP contribution in [0.5, 0.6) is 0 Å². The summed E-state index contributed by atoms with van der Waals surface area (Å²) in [6.45, 7) is 6.75. The number of amides is 1. The van der Waals surface area contributed by atoms with Gasteiger partial charge in [0.25, 0.3) is 0 Å². The maximum atomic E-state index is 11.9. The molecule has 0 saturated heterocycles. The van der Waals surface area contributed by atoms with Crippen LogP contribution in [0.25, 0.3) is 0 Å². The van der Waals surface area contributed by atoms with Crippen molar-refractivity contribution in [2.24, 2.45) is 5.73 Å². The minimum absolute atomic E-state index is 0.0380. The van der Waals surface area contributed by atoms with Crippen molar-refractivity contribution < 1.29 is 9.53 Å². The fourth-order valence-electron chi connectivity index (χ4n) is 2.50. The molecule has 3 N–H and O–H groups in total. The minimum atomic E-state index is -0.274. The zero-order valence-electron chi connectivity index (χ0n) is 12.8. The van der Waals surface area contributed by atoms with Gasteiger partial charge < -0.3 is 15.8 Å². The predicted molar refractivity (Wildman–Crippen MR) is 78.0 cm³/mol. The Balaban J connectivity index is 2.46. The summed E-state index contributed by atoms with van der Waals surface area (Å²) in [6.07, 6.45) is 7.67. The lowest BCUT2D eigenvalue weighted by atomic mass is 9.94. The Morgan fingerprint density at radius 3 is 2.32 bits per heavy atom. The van der Waals surface area contributed by atoms with Crippen molar-refractivity contribution in [3.63, 3.8) is 0 Å². The van der Waals surface area contributed by atoms with E-state index in [1.54, 1.807) is 0 Å². The van der Waals surface area contributed by atoms with Crippen LogP contribution >= 0.6 is 0 Å². The average molecular weight is 270 g/mol. The third-order valence-corrected chi connectivity index (χ3v) is 4.26. The maximum Gasteiger partial charge on any atom is 0.246 e. The number of ether oxygens (including phenoxy) is 1. The summed E-state index contributed by atoms with van der Waals surface area (Å²) in [6, 6.07) is 0. The van der Waals surface area contributed by atoms with E-state index in [0.717, 1.165) is 32.1 Å². The minimum Gasteiger partial charge on any atom is -0.364 e. The molecule has 0 unspecified atom stereocenters. The molecule has 1 rings (SSSR count). The van der Waals surface area contributed by atoms with E-state index >= 15 is 0 Å². The monoisotopic (exact) mass is 270 g/mol. The first-order valence-corrected chi connectivity index (χ1v) is 7.58. The molecule has 0 aromatic rings. The second-order valence-corrected chi connectivity index (χ2v) is 6.38. The van der Waals surface area contributed by atoms with Gasteiger partial charge in [-0.3, -0.25) is 4.79 Å². The Hall–Kier alpha value is -0.610. The summed E-state index contributed by atoms with van der Waals surface area (Å²) in [7, 11) is 0. The lowest BCUT2D eigenvalue weighted by molar-refractivity contribution is -0.135. The second kappa shape index (κ2) is 7.25. The molecule has 4 nitrogen and oxygen atoms in total. The van der Waals surface area contributed by atoms with Crippen molar-refractivity contribution in [2.75, 3.05) is 13.2 Å². The van der Waals surface area contributed by atoms with Gasteiger partial charge in [0.1, 0.15) is 6.61 Å². The van der Waals surface area contributed by atoms with E-state index in [1.807, 2.05) is 13.8 Å². The van der Waals surface area contributed by atoms with E-state index in [0.29, 0.717) is 6.54 Å². The Morgan fingerprint density at radius 2 is 1.84 bits per heavy atom. The SMILES string of the molecule is CCC(C)(C)NC(=O)COC1(CN)CCCCCC1. The Labute approximate surface area is 117 Å². The van der Waals surface area contributed by atoms with Gasteiger partial charge >= 0.3 is 0 Å². The van der Waals surface area contributed by atoms with Gasteiger partial charge in [-0.2, -0.15) is 0 Å². The summed E-state index contributed by atoms with van der Waals surface area (Å²) in [5.74, 6) is -0.0380. The average Bonchev–Trinajstić information content (AvgIpc) is 2.62. The largest absolute Gasteiger partial charge is 0.364 e. The fraction of sp³-hybridized carbons (Fsp3) is 0.933. The molecular weight excluding hydrogens is 240 g/mol. The number of nitrogens with one attached hydrogen (secondary N) is 1. The van der Waals surface area contributed by atoms with Gasteiger partial charge in [0.05, 0.1) is 5.60 Å². The first kappa shape index (κ1) is 16.4. The van der Waals surface area contributed by atoms with Gasteiger partial charge in [-0.25, -0.2) is 0 Å². The topological polar surface area (TPSA) is 64.3 Å². The van der Waals surface area contributed by atoms with Crippen LogP contribution in [-0.4, -0.2) is 30.2 Å². The Bertz CT molecular complexity index is 282. The smallest absolute Gasteiger partial charge is 0.246 e. The van der Waals surface area contributed by atoms with Crippen LogP contribution in [0.4, 0.5) is 0 Å². The highest BCUT2D eigenvalue weighted by Crippen LogP contribution is 2.29. The van der Waals surface area contributed by atoms with Crippen LogP contribution in [0.2, 0.25) is 0 Å². The summed E-state index contributed by atoms with van der Waals surface area (Å²) in [5.41, 5.74) is 5.45. The highest BCUT2D eigenvalue weighted by atomic mass is 16.5. The predicted octanol–water partition coefficient (Wildman–Crippen LogP) is 2.36. The van der Waals surface area contributed by atoms with Gasteiger partial charge in [0, 0.05) is 12.1 Å². The van der Waals surface area contributed by atoms with Crippen molar-refractivity contribution in [3.05, 3.63) is 0 Å². The van der Waals surface area contributed by atoms with Gasteiger partial charge in [-0.05, 0) is 33.1 Å². The lowest BCUT2D eigenvalue weighted by Gasteiger charge is -2.32. The van der Waals surface area contributed by atoms with E-state index in [2.05, 4.69) is 12.2 Å². The van der Waals surface area contributed by atoms with Crippen molar-refractivity contribution in [1.82, 2.24) is 5.32 Å². The van der Waals surface area contributed by atoms with Crippen molar-refractivity contribution in [1.29, 1.82) is 0 Å². The van der Waals surface area contributed by atoms with E-state index in [1.165, 1.54) is 12.8 Å². The van der Waals surface area contributed by atoms with Gasteiger partial charge in [-0.15, -0.1) is 0 Å². The molecule has 4 heteroatoms. The molecule has 0 heterocycles. The molecule has 1 fully saturated rings. The molecule has 0 spiro atoms.